The highest BCUT2D eigenvalue weighted by molar-refractivity contribution is 7.90. The Labute approximate surface area is 155 Å². The lowest BCUT2D eigenvalue weighted by atomic mass is 9.98. The minimum absolute atomic E-state index is 0.0254. The Bertz CT molecular complexity index is 760. The van der Waals surface area contributed by atoms with E-state index in [4.69, 9.17) is 0 Å². The molecular formula is C16H22F4N4O2S. The van der Waals surface area contributed by atoms with Crippen LogP contribution in [0.4, 0.5) is 17.6 Å². The Morgan fingerprint density at radius 2 is 1.93 bits per heavy atom. The molecule has 2 N–H and O–H groups in total. The fourth-order valence-corrected chi connectivity index (χ4v) is 3.78. The Morgan fingerprint density at radius 1 is 1.26 bits per heavy atom. The van der Waals surface area contributed by atoms with Gasteiger partial charge in [0.25, 0.3) is 0 Å². The molecule has 0 radical (unpaired) electrons. The van der Waals surface area contributed by atoms with Crippen LogP contribution in [0.5, 0.6) is 0 Å². The van der Waals surface area contributed by atoms with Gasteiger partial charge in [-0.05, 0) is 36.5 Å². The largest absolute Gasteiger partial charge is 0.511 e. The minimum atomic E-state index is -5.26. The van der Waals surface area contributed by atoms with Gasteiger partial charge in [-0.1, -0.05) is 12.1 Å². The second-order valence-electron chi connectivity index (χ2n) is 6.23. The van der Waals surface area contributed by atoms with Crippen molar-refractivity contribution in [2.75, 3.05) is 26.7 Å². The van der Waals surface area contributed by atoms with Crippen LogP contribution in [0.25, 0.3) is 0 Å². The number of benzene rings is 1. The number of alkyl halides is 3. The molecule has 2 rings (SSSR count). The molecule has 1 heterocycles. The summed E-state index contributed by atoms with van der Waals surface area (Å²) in [5.74, 6) is 0.167. The molecule has 1 aliphatic heterocycles. The SMILES string of the molecule is CN=C(NCc1cccc(F)c1)NCC1CCN(S(=O)(=O)C(F)(F)F)CC1. The quantitative estimate of drug-likeness (QED) is 0.443. The van der Waals surface area contributed by atoms with Crippen LogP contribution in [0.1, 0.15) is 18.4 Å². The van der Waals surface area contributed by atoms with Crippen LogP contribution in [0.2, 0.25) is 0 Å². The van der Waals surface area contributed by atoms with Crippen LogP contribution in [-0.2, 0) is 16.6 Å². The molecule has 1 aromatic carbocycles. The first-order valence-corrected chi connectivity index (χ1v) is 9.83. The Morgan fingerprint density at radius 3 is 2.48 bits per heavy atom. The number of nitrogens with zero attached hydrogens (tertiary/aromatic N) is 2. The van der Waals surface area contributed by atoms with E-state index in [0.29, 0.717) is 36.2 Å². The van der Waals surface area contributed by atoms with Crippen molar-refractivity contribution >= 4 is 16.0 Å². The molecule has 27 heavy (non-hydrogen) atoms. The first-order valence-electron chi connectivity index (χ1n) is 8.39. The fourth-order valence-electron chi connectivity index (χ4n) is 2.79. The molecule has 1 aromatic rings. The molecule has 0 unspecified atom stereocenters. The molecular weight excluding hydrogens is 388 g/mol. The molecule has 0 spiro atoms. The van der Waals surface area contributed by atoms with E-state index < -0.39 is 15.5 Å². The van der Waals surface area contributed by atoms with Crippen LogP contribution in [0.15, 0.2) is 29.3 Å². The number of sulfonamides is 1. The summed E-state index contributed by atoms with van der Waals surface area (Å²) in [6.45, 7) is 0.482. The zero-order valence-corrected chi connectivity index (χ0v) is 15.6. The molecule has 1 aliphatic rings. The van der Waals surface area contributed by atoms with Crippen molar-refractivity contribution in [1.82, 2.24) is 14.9 Å². The molecule has 6 nitrogen and oxygen atoms in total. The number of rotatable bonds is 5. The summed E-state index contributed by atoms with van der Waals surface area (Å²) >= 11 is 0. The topological polar surface area (TPSA) is 73.8 Å². The highest BCUT2D eigenvalue weighted by atomic mass is 32.2. The summed E-state index contributed by atoms with van der Waals surface area (Å²) in [5, 5.41) is 6.09. The molecule has 0 atom stereocenters. The number of hydrogen-bond donors (Lipinski definition) is 2. The lowest BCUT2D eigenvalue weighted by Gasteiger charge is -2.31. The third-order valence-electron chi connectivity index (χ3n) is 4.34. The number of halogens is 4. The first-order chi connectivity index (χ1) is 12.6. The third-order valence-corrected chi connectivity index (χ3v) is 5.97. The van der Waals surface area contributed by atoms with Crippen molar-refractivity contribution < 1.29 is 26.0 Å². The van der Waals surface area contributed by atoms with Gasteiger partial charge in [0.15, 0.2) is 5.96 Å². The van der Waals surface area contributed by atoms with Gasteiger partial charge in [-0.2, -0.15) is 17.5 Å². The average molecular weight is 410 g/mol. The molecule has 0 aromatic heterocycles. The molecule has 0 saturated carbocycles. The number of nitrogens with one attached hydrogen (secondary N) is 2. The number of piperidine rings is 1. The fraction of sp³-hybridized carbons (Fsp3) is 0.562. The summed E-state index contributed by atoms with van der Waals surface area (Å²) in [7, 11) is -3.69. The van der Waals surface area contributed by atoms with Crippen LogP contribution in [-0.4, -0.2) is 50.9 Å². The smallest absolute Gasteiger partial charge is 0.356 e. The van der Waals surface area contributed by atoms with Gasteiger partial charge in [-0.15, -0.1) is 0 Å². The molecule has 152 valence electrons. The Hall–Kier alpha value is -1.88. The normalized spacial score (nSPS) is 17.7. The summed E-state index contributed by atoms with van der Waals surface area (Å²) < 4.78 is 74.2. The van der Waals surface area contributed by atoms with Crippen molar-refractivity contribution in [1.29, 1.82) is 0 Å². The molecule has 0 aliphatic carbocycles. The van der Waals surface area contributed by atoms with Gasteiger partial charge >= 0.3 is 15.5 Å². The van der Waals surface area contributed by atoms with E-state index in [0.717, 1.165) is 5.56 Å². The molecule has 1 saturated heterocycles. The van der Waals surface area contributed by atoms with Gasteiger partial charge in [0.05, 0.1) is 0 Å². The maximum absolute atomic E-state index is 13.2. The van der Waals surface area contributed by atoms with Crippen LogP contribution in [0.3, 0.4) is 0 Å². The highest BCUT2D eigenvalue weighted by Gasteiger charge is 2.50. The Balaban J connectivity index is 1.78. The number of aliphatic imine (C=N–C) groups is 1. The van der Waals surface area contributed by atoms with Crippen molar-refractivity contribution in [2.45, 2.75) is 24.9 Å². The van der Waals surface area contributed by atoms with Crippen LogP contribution >= 0.6 is 0 Å². The van der Waals surface area contributed by atoms with Gasteiger partial charge in [-0.25, -0.2) is 12.8 Å². The van der Waals surface area contributed by atoms with Gasteiger partial charge in [0.1, 0.15) is 5.82 Å². The maximum atomic E-state index is 13.2. The predicted molar refractivity (Wildman–Crippen MR) is 93.9 cm³/mol. The lowest BCUT2D eigenvalue weighted by molar-refractivity contribution is -0.0496. The summed E-state index contributed by atoms with van der Waals surface area (Å²) in [6.07, 6.45) is 0.645. The number of hydrogen-bond acceptors (Lipinski definition) is 3. The van der Waals surface area contributed by atoms with Crippen molar-refractivity contribution in [3.05, 3.63) is 35.6 Å². The van der Waals surface area contributed by atoms with E-state index >= 15 is 0 Å². The summed E-state index contributed by atoms with van der Waals surface area (Å²) in [4.78, 5) is 4.04. The summed E-state index contributed by atoms with van der Waals surface area (Å²) in [6, 6.07) is 6.12. The zero-order chi connectivity index (χ0) is 20.1. The summed E-state index contributed by atoms with van der Waals surface area (Å²) in [5.41, 5.74) is -4.52. The van der Waals surface area contributed by atoms with E-state index in [1.807, 2.05) is 0 Å². The average Bonchev–Trinajstić information content (AvgIpc) is 2.61. The van der Waals surface area contributed by atoms with E-state index in [1.54, 1.807) is 19.2 Å². The Kier molecular flexibility index (Phi) is 7.04. The van der Waals surface area contributed by atoms with Gasteiger partial charge in [0.2, 0.25) is 0 Å². The third kappa shape index (κ3) is 5.80. The standard InChI is InChI=1S/C16H22F4N4O2S/c1-21-15(23-11-13-3-2-4-14(17)9-13)22-10-12-5-7-24(8-6-12)27(25,26)16(18,19)20/h2-4,9,12H,5-8,10-11H2,1H3,(H2,21,22,23). The molecule has 11 heteroatoms. The van der Waals surface area contributed by atoms with E-state index in [1.165, 1.54) is 12.1 Å². The van der Waals surface area contributed by atoms with E-state index in [2.05, 4.69) is 15.6 Å². The van der Waals surface area contributed by atoms with Crippen molar-refractivity contribution in [2.24, 2.45) is 10.9 Å². The molecule has 0 bridgehead atoms. The maximum Gasteiger partial charge on any atom is 0.511 e. The first kappa shape index (κ1) is 21.4. The van der Waals surface area contributed by atoms with Crippen molar-refractivity contribution in [3.63, 3.8) is 0 Å². The van der Waals surface area contributed by atoms with Crippen LogP contribution < -0.4 is 10.6 Å². The van der Waals surface area contributed by atoms with Crippen molar-refractivity contribution in [3.8, 4) is 0 Å². The zero-order valence-electron chi connectivity index (χ0n) is 14.8. The second kappa shape index (κ2) is 8.87. The van der Waals surface area contributed by atoms with E-state index in [-0.39, 0.29) is 24.8 Å². The lowest BCUT2D eigenvalue weighted by Crippen LogP contribution is -2.47. The molecule has 0 amide bonds. The molecule has 1 fully saturated rings. The van der Waals surface area contributed by atoms with Gasteiger partial charge < -0.3 is 10.6 Å². The van der Waals surface area contributed by atoms with Gasteiger partial charge in [-0.3, -0.25) is 4.99 Å². The predicted octanol–water partition coefficient (Wildman–Crippen LogP) is 2.05. The second-order valence-corrected chi connectivity index (χ2v) is 8.16. The monoisotopic (exact) mass is 410 g/mol. The van der Waals surface area contributed by atoms with Gasteiger partial charge in [0, 0.05) is 33.2 Å². The van der Waals surface area contributed by atoms with Crippen LogP contribution in [0, 0.1) is 11.7 Å². The minimum Gasteiger partial charge on any atom is -0.356 e. The highest BCUT2D eigenvalue weighted by Crippen LogP contribution is 2.30. The van der Waals surface area contributed by atoms with E-state index in [9.17, 15) is 26.0 Å². The number of guanidine groups is 1.